The van der Waals surface area contributed by atoms with Gasteiger partial charge in [-0.2, -0.15) is 0 Å². The Bertz CT molecular complexity index is 73.3. The number of rotatable bonds is 0. The van der Waals surface area contributed by atoms with Crippen LogP contribution in [0.2, 0.25) is 0 Å². The van der Waals surface area contributed by atoms with Gasteiger partial charge in [-0.15, -0.1) is 0 Å². The zero-order valence-corrected chi connectivity index (χ0v) is 7.37. The van der Waals surface area contributed by atoms with Crippen LogP contribution in [0, 0.1) is 0 Å². The van der Waals surface area contributed by atoms with E-state index < -0.39 is 0 Å². The van der Waals surface area contributed by atoms with Crippen LogP contribution in [0.3, 0.4) is 0 Å². The molecule has 1 N–H and O–H groups in total. The summed E-state index contributed by atoms with van der Waals surface area (Å²) in [6.45, 7) is 9.49. The molecule has 0 aromatic carbocycles. The zero-order valence-electron chi connectivity index (χ0n) is 7.37. The molecule has 0 spiro atoms. The summed E-state index contributed by atoms with van der Waals surface area (Å²) in [6.07, 6.45) is 0.663. The average molecular weight is 147 g/mol. The summed E-state index contributed by atoms with van der Waals surface area (Å²) in [7, 11) is 0. The number of hydrogen-bond acceptors (Lipinski definition) is 1. The lowest BCUT2D eigenvalue weighted by Gasteiger charge is -2.15. The Balaban J connectivity index is 0. The molecule has 1 aliphatic rings. The third kappa shape index (κ3) is 5.76. The van der Waals surface area contributed by atoms with E-state index in [0.717, 1.165) is 18.7 Å². The quantitative estimate of drug-likeness (QED) is 0.555. The minimum Gasteiger partial charge on any atom is -0.309 e. The summed E-state index contributed by atoms with van der Waals surface area (Å²) >= 11 is 0. The maximum Gasteiger partial charge on any atom is 0.0884 e. The van der Waals surface area contributed by atoms with Crippen LogP contribution in [0.5, 0.6) is 0 Å². The molecule has 1 saturated heterocycles. The highest BCUT2D eigenvalue weighted by Crippen LogP contribution is 1.98. The fourth-order valence-electron chi connectivity index (χ4n) is 0.346. The average Bonchev–Trinajstić information content (AvgIpc) is 1.95. The molecular weight excluding hydrogens is 129 g/mol. The van der Waals surface area contributed by atoms with Gasteiger partial charge in [0.25, 0.3) is 0 Å². The van der Waals surface area contributed by atoms with Crippen molar-refractivity contribution in [2.24, 2.45) is 0 Å². The zero-order chi connectivity index (χ0) is 8.41. The van der Waals surface area contributed by atoms with E-state index in [1.54, 1.807) is 0 Å². The summed E-state index contributed by atoms with van der Waals surface area (Å²) in [6, 6.07) is 0. The van der Waals surface area contributed by atoms with Gasteiger partial charge >= 0.3 is 0 Å². The van der Waals surface area contributed by atoms with Crippen molar-refractivity contribution in [3.63, 3.8) is 0 Å². The first-order chi connectivity index (χ1) is 4.93. The van der Waals surface area contributed by atoms with Crippen LogP contribution in [0.15, 0.2) is 11.9 Å². The molecule has 2 heteroatoms. The second-order valence-corrected chi connectivity index (χ2v) is 1.37. The third-order valence-corrected chi connectivity index (χ3v) is 0.858. The van der Waals surface area contributed by atoms with Gasteiger partial charge in [0.05, 0.1) is 6.33 Å². The monoisotopic (exact) mass is 147 g/mol. The Kier molecular flexibility index (Phi) is 14.1. The highest BCUT2D eigenvalue weighted by Gasteiger charge is 2.04. The summed E-state index contributed by atoms with van der Waals surface area (Å²) in [5, 5.41) is 2.90. The summed E-state index contributed by atoms with van der Waals surface area (Å²) < 4.78 is 11.2. The van der Waals surface area contributed by atoms with Crippen molar-refractivity contribution < 1.29 is 4.39 Å². The first-order valence-corrected chi connectivity index (χ1v) is 3.92. The minimum absolute atomic E-state index is 0.663. The van der Waals surface area contributed by atoms with E-state index >= 15 is 0 Å². The molecule has 1 nitrogen and oxygen atoms in total. The fraction of sp³-hybridized carbons (Fsp3) is 0.750. The first kappa shape index (κ1) is 12.3. The van der Waals surface area contributed by atoms with E-state index in [4.69, 9.17) is 0 Å². The lowest BCUT2D eigenvalue weighted by molar-refractivity contribution is 0.614. The molecular formula is C8H18FN. The summed E-state index contributed by atoms with van der Waals surface area (Å²) in [5.41, 5.74) is 0.870. The number of halogens is 1. The predicted octanol–water partition coefficient (Wildman–Crippen LogP) is 2.50. The van der Waals surface area contributed by atoms with E-state index in [1.807, 2.05) is 27.7 Å². The SMILES string of the molecule is CC.CC.FC=C1CNC1. The molecule has 10 heavy (non-hydrogen) atoms. The van der Waals surface area contributed by atoms with Gasteiger partial charge < -0.3 is 5.32 Å². The summed E-state index contributed by atoms with van der Waals surface area (Å²) in [5.74, 6) is 0. The van der Waals surface area contributed by atoms with Crippen molar-refractivity contribution in [2.45, 2.75) is 27.7 Å². The molecule has 62 valence electrons. The van der Waals surface area contributed by atoms with E-state index in [1.165, 1.54) is 0 Å². The molecule has 0 atom stereocenters. The van der Waals surface area contributed by atoms with Gasteiger partial charge in [-0.3, -0.25) is 0 Å². The van der Waals surface area contributed by atoms with Crippen molar-refractivity contribution >= 4 is 0 Å². The molecule has 0 radical (unpaired) electrons. The van der Waals surface area contributed by atoms with Gasteiger partial charge in [0.1, 0.15) is 0 Å². The Morgan fingerprint density at radius 1 is 1.20 bits per heavy atom. The smallest absolute Gasteiger partial charge is 0.0884 e. The van der Waals surface area contributed by atoms with Crippen molar-refractivity contribution in [1.82, 2.24) is 5.32 Å². The third-order valence-electron chi connectivity index (χ3n) is 0.858. The van der Waals surface area contributed by atoms with Crippen molar-refractivity contribution in [1.29, 1.82) is 0 Å². The van der Waals surface area contributed by atoms with Gasteiger partial charge in [-0.05, 0) is 5.57 Å². The molecule has 1 aliphatic heterocycles. The molecule has 0 aromatic heterocycles. The highest BCUT2D eigenvalue weighted by atomic mass is 19.1. The lowest BCUT2D eigenvalue weighted by Crippen LogP contribution is -2.33. The van der Waals surface area contributed by atoms with E-state index in [2.05, 4.69) is 5.32 Å². The van der Waals surface area contributed by atoms with E-state index in [0.29, 0.717) is 6.33 Å². The number of nitrogens with one attached hydrogen (secondary N) is 1. The highest BCUT2D eigenvalue weighted by molar-refractivity contribution is 5.10. The molecule has 0 saturated carbocycles. The Hall–Kier alpha value is -0.370. The van der Waals surface area contributed by atoms with Gasteiger partial charge in [0, 0.05) is 13.1 Å². The predicted molar refractivity (Wildman–Crippen MR) is 44.8 cm³/mol. The van der Waals surface area contributed by atoms with Crippen LogP contribution in [-0.2, 0) is 0 Å². The largest absolute Gasteiger partial charge is 0.309 e. The standard InChI is InChI=1S/C4H6FN.2C2H6/c5-1-4-2-6-3-4;2*1-2/h1,6H,2-3H2;2*1-2H3. The van der Waals surface area contributed by atoms with E-state index in [-0.39, 0.29) is 0 Å². The second kappa shape index (κ2) is 11.4. The van der Waals surface area contributed by atoms with Crippen LogP contribution in [0.1, 0.15) is 27.7 Å². The van der Waals surface area contributed by atoms with Crippen LogP contribution < -0.4 is 5.32 Å². The molecule has 1 heterocycles. The van der Waals surface area contributed by atoms with Crippen LogP contribution >= 0.6 is 0 Å². The van der Waals surface area contributed by atoms with Gasteiger partial charge in [-0.25, -0.2) is 4.39 Å². The Morgan fingerprint density at radius 2 is 1.60 bits per heavy atom. The molecule has 0 aliphatic carbocycles. The van der Waals surface area contributed by atoms with Crippen LogP contribution in [-0.4, -0.2) is 13.1 Å². The first-order valence-electron chi connectivity index (χ1n) is 3.92. The summed E-state index contributed by atoms with van der Waals surface area (Å²) in [4.78, 5) is 0. The van der Waals surface area contributed by atoms with Gasteiger partial charge in [-0.1, -0.05) is 27.7 Å². The van der Waals surface area contributed by atoms with Crippen LogP contribution in [0.25, 0.3) is 0 Å². The topological polar surface area (TPSA) is 12.0 Å². The van der Waals surface area contributed by atoms with Gasteiger partial charge in [0.15, 0.2) is 0 Å². The molecule has 1 fully saturated rings. The van der Waals surface area contributed by atoms with Gasteiger partial charge in [0.2, 0.25) is 0 Å². The molecule has 0 amide bonds. The lowest BCUT2D eigenvalue weighted by atomic mass is 10.2. The van der Waals surface area contributed by atoms with Crippen molar-refractivity contribution in [2.75, 3.05) is 13.1 Å². The number of hydrogen-bond donors (Lipinski definition) is 1. The van der Waals surface area contributed by atoms with Crippen molar-refractivity contribution in [3.05, 3.63) is 11.9 Å². The fourth-order valence-corrected chi connectivity index (χ4v) is 0.346. The van der Waals surface area contributed by atoms with Crippen molar-refractivity contribution in [3.8, 4) is 0 Å². The molecule has 0 aromatic rings. The normalized spacial score (nSPS) is 13.1. The maximum atomic E-state index is 11.2. The van der Waals surface area contributed by atoms with E-state index in [9.17, 15) is 4.39 Å². The van der Waals surface area contributed by atoms with Crippen LogP contribution in [0.4, 0.5) is 4.39 Å². The second-order valence-electron chi connectivity index (χ2n) is 1.37. The Morgan fingerprint density at radius 3 is 1.60 bits per heavy atom. The maximum absolute atomic E-state index is 11.2. The molecule has 1 rings (SSSR count). The molecule has 0 bridgehead atoms. The minimum atomic E-state index is 0.663. The Labute approximate surface area is 63.3 Å². The molecule has 0 unspecified atom stereocenters.